The van der Waals surface area contributed by atoms with Gasteiger partial charge in [-0.2, -0.15) is 0 Å². The van der Waals surface area contributed by atoms with Gasteiger partial charge >= 0.3 is 11.9 Å². The Balaban J connectivity index is 1.57. The number of rotatable bonds is 14. The summed E-state index contributed by atoms with van der Waals surface area (Å²) in [5, 5.41) is 62.2. The van der Waals surface area contributed by atoms with Crippen LogP contribution in [0.15, 0.2) is 95.8 Å². The molecule has 0 heterocycles. The molecule has 2 unspecified atom stereocenters. The van der Waals surface area contributed by atoms with E-state index in [1.54, 1.807) is 36.4 Å². The van der Waals surface area contributed by atoms with Gasteiger partial charge in [0, 0.05) is 28.9 Å². The number of aliphatic hydroxyl groups is 1. The maximum atomic E-state index is 11.9. The minimum atomic E-state index is -1.13. The van der Waals surface area contributed by atoms with E-state index in [4.69, 9.17) is 9.47 Å². The molecular weight excluding hydrogens is 773 g/mol. The van der Waals surface area contributed by atoms with Gasteiger partial charge in [-0.05, 0) is 164 Å². The van der Waals surface area contributed by atoms with Gasteiger partial charge in [-0.3, -0.25) is 0 Å². The van der Waals surface area contributed by atoms with Crippen LogP contribution >= 0.6 is 0 Å². The number of aryl methyl sites for hydroxylation is 6. The Kier molecular flexibility index (Phi) is 12.9. The van der Waals surface area contributed by atoms with Crippen molar-refractivity contribution in [2.45, 2.75) is 80.1 Å². The van der Waals surface area contributed by atoms with Crippen molar-refractivity contribution in [1.29, 1.82) is 0 Å². The van der Waals surface area contributed by atoms with E-state index in [1.165, 1.54) is 0 Å². The highest BCUT2D eigenvalue weighted by molar-refractivity contribution is 5.69. The molecule has 5 aromatic rings. The minimum absolute atomic E-state index is 0.152. The first-order chi connectivity index (χ1) is 28.8. The van der Waals surface area contributed by atoms with Gasteiger partial charge in [-0.25, -0.2) is 9.59 Å². The smallest absolute Gasteiger partial charge is 0.341 e. The van der Waals surface area contributed by atoms with Crippen LogP contribution in [0.1, 0.15) is 104 Å². The molecule has 1 aliphatic rings. The number of carboxylic acid groups (broad SMARTS) is 2. The molecule has 0 bridgehead atoms. The molecule has 318 valence electrons. The van der Waals surface area contributed by atoms with Crippen LogP contribution in [0.2, 0.25) is 0 Å². The summed E-state index contributed by atoms with van der Waals surface area (Å²) in [6.07, 6.45) is 2.72. The summed E-state index contributed by atoms with van der Waals surface area (Å²) in [6.45, 7) is 14.0. The molecule has 0 amide bonds. The second kappa shape index (κ2) is 17.9. The van der Waals surface area contributed by atoms with Gasteiger partial charge in [0.2, 0.25) is 0 Å². The number of aliphatic carboxylic acids is 2. The van der Waals surface area contributed by atoms with E-state index in [0.29, 0.717) is 46.6 Å². The van der Waals surface area contributed by atoms with E-state index in [9.17, 15) is 40.2 Å². The van der Waals surface area contributed by atoms with E-state index in [-0.39, 0.29) is 28.9 Å². The largest absolute Gasteiger partial charge is 0.512 e. The molecule has 0 fully saturated rings. The molecular formula is C51H54O10. The number of carbonyl (C=O) groups is 2. The Morgan fingerprint density at radius 2 is 0.951 bits per heavy atom. The van der Waals surface area contributed by atoms with Crippen LogP contribution < -0.4 is 9.47 Å². The van der Waals surface area contributed by atoms with E-state index in [0.717, 1.165) is 61.2 Å². The predicted molar refractivity (Wildman–Crippen MR) is 235 cm³/mol. The molecule has 0 saturated heterocycles. The number of hydrogen-bond donors (Lipinski definition) is 6. The average molecular weight is 827 g/mol. The fourth-order valence-corrected chi connectivity index (χ4v) is 8.49. The van der Waals surface area contributed by atoms with Gasteiger partial charge in [0.25, 0.3) is 0 Å². The number of hydrogen-bond acceptors (Lipinski definition) is 8. The summed E-state index contributed by atoms with van der Waals surface area (Å²) < 4.78 is 12.0. The number of aliphatic hydroxyl groups excluding tert-OH is 1. The van der Waals surface area contributed by atoms with Gasteiger partial charge in [0.15, 0.2) is 13.2 Å². The Morgan fingerprint density at radius 3 is 1.36 bits per heavy atom. The Hall–Kier alpha value is -6.68. The molecule has 5 aromatic carbocycles. The zero-order chi connectivity index (χ0) is 44.4. The molecule has 61 heavy (non-hydrogen) atoms. The molecule has 10 nitrogen and oxygen atoms in total. The van der Waals surface area contributed by atoms with Crippen molar-refractivity contribution >= 4 is 11.9 Å². The Bertz CT molecular complexity index is 2540. The monoisotopic (exact) mass is 826 g/mol. The standard InChI is InChI=1S/C51H54O10/c1-26-17-42(52)30(5)13-36(26)50(37-14-31(6)43(53)18-27(37)2)40-22-34(9-11-46(40)60-24-48(56)57)21-35-10-12-47(61-25-49(58)59)41(23-35)51(38-15-32(7)44(54)19-28(38)3)39-16-33(8)45(55)20-29(39)4/h9-15,17-20,22-23,33,50-55H,16,21,24-25H2,1-8H3,(H,56,57)(H,58,59). The van der Waals surface area contributed by atoms with Crippen molar-refractivity contribution in [1.82, 2.24) is 0 Å². The SMILES string of the molecule is CC1=C(C(c2cc(C)c(O)cc2C)c2cc(Cc3ccc(OCC(=O)O)c(C(c4cc(C)c(O)cc4C)c4cc(C)c(O)cc4C)c3)ccc2OCC(=O)O)CC(C)C(O)=C1. The van der Waals surface area contributed by atoms with Crippen molar-refractivity contribution in [3.05, 3.63) is 168 Å². The number of phenols is 3. The number of phenolic OH excluding ortho intramolecular Hbond substituents is 3. The number of benzene rings is 5. The first kappa shape index (κ1) is 43.9. The lowest BCUT2D eigenvalue weighted by Gasteiger charge is -2.31. The predicted octanol–water partition coefficient (Wildman–Crippen LogP) is 10.3. The third kappa shape index (κ3) is 9.54. The molecule has 6 N–H and O–H groups in total. The van der Waals surface area contributed by atoms with Crippen molar-refractivity contribution < 1.29 is 49.7 Å². The molecule has 2 atom stereocenters. The molecule has 0 aromatic heterocycles. The first-order valence-electron chi connectivity index (χ1n) is 20.3. The number of carboxylic acids is 2. The average Bonchev–Trinajstić information content (AvgIpc) is 3.19. The summed E-state index contributed by atoms with van der Waals surface area (Å²) in [5.74, 6) is -1.83. The number of aromatic hydroxyl groups is 3. The molecule has 6 rings (SSSR count). The van der Waals surface area contributed by atoms with Crippen LogP contribution in [0.25, 0.3) is 0 Å². The summed E-state index contributed by atoms with van der Waals surface area (Å²) >= 11 is 0. The van der Waals surface area contributed by atoms with Crippen molar-refractivity contribution in [3.8, 4) is 28.7 Å². The van der Waals surface area contributed by atoms with Crippen molar-refractivity contribution in [2.75, 3.05) is 13.2 Å². The molecule has 10 heteroatoms. The second-order valence-electron chi connectivity index (χ2n) is 16.5. The fourth-order valence-electron chi connectivity index (χ4n) is 8.49. The van der Waals surface area contributed by atoms with E-state index in [1.807, 2.05) is 97.9 Å². The van der Waals surface area contributed by atoms with Crippen LogP contribution in [-0.2, 0) is 16.0 Å². The summed E-state index contributed by atoms with van der Waals surface area (Å²) in [6, 6.07) is 22.4. The molecule has 1 aliphatic carbocycles. The molecule has 0 aliphatic heterocycles. The fraction of sp³-hybridized carbons (Fsp3) is 0.294. The maximum Gasteiger partial charge on any atom is 0.341 e. The third-order valence-electron chi connectivity index (χ3n) is 11.8. The highest BCUT2D eigenvalue weighted by atomic mass is 16.5. The van der Waals surface area contributed by atoms with Crippen LogP contribution in [0.5, 0.6) is 28.7 Å². The zero-order valence-electron chi connectivity index (χ0n) is 35.9. The second-order valence-corrected chi connectivity index (χ2v) is 16.5. The molecule has 0 radical (unpaired) electrons. The van der Waals surface area contributed by atoms with Gasteiger partial charge in [-0.1, -0.05) is 55.0 Å². The first-order valence-corrected chi connectivity index (χ1v) is 20.3. The normalized spacial score (nSPS) is 14.5. The van der Waals surface area contributed by atoms with Crippen LogP contribution in [0, 0.1) is 47.5 Å². The lowest BCUT2D eigenvalue weighted by molar-refractivity contribution is -0.140. The summed E-state index contributed by atoms with van der Waals surface area (Å²) in [4.78, 5) is 23.7. The maximum absolute atomic E-state index is 11.9. The van der Waals surface area contributed by atoms with E-state index in [2.05, 4.69) is 0 Å². The summed E-state index contributed by atoms with van der Waals surface area (Å²) in [7, 11) is 0. The third-order valence-corrected chi connectivity index (χ3v) is 11.8. The van der Waals surface area contributed by atoms with Gasteiger partial charge < -0.3 is 40.1 Å². The minimum Gasteiger partial charge on any atom is -0.512 e. The highest BCUT2D eigenvalue weighted by Crippen LogP contribution is 2.47. The number of ether oxygens (including phenoxy) is 2. The quantitative estimate of drug-likeness (QED) is 0.0592. The van der Waals surface area contributed by atoms with Crippen LogP contribution in [-0.4, -0.2) is 55.8 Å². The van der Waals surface area contributed by atoms with Crippen molar-refractivity contribution in [3.63, 3.8) is 0 Å². The van der Waals surface area contributed by atoms with Crippen molar-refractivity contribution in [2.24, 2.45) is 5.92 Å². The van der Waals surface area contributed by atoms with E-state index >= 15 is 0 Å². The van der Waals surface area contributed by atoms with Crippen LogP contribution in [0.4, 0.5) is 0 Å². The summed E-state index contributed by atoms with van der Waals surface area (Å²) in [5.41, 5.74) is 12.2. The van der Waals surface area contributed by atoms with Gasteiger partial charge in [0.1, 0.15) is 28.7 Å². The van der Waals surface area contributed by atoms with E-state index < -0.39 is 37.0 Å². The topological polar surface area (TPSA) is 174 Å². The van der Waals surface area contributed by atoms with Crippen LogP contribution in [0.3, 0.4) is 0 Å². The molecule has 0 spiro atoms. The Labute approximate surface area is 356 Å². The van der Waals surface area contributed by atoms with Gasteiger partial charge in [-0.15, -0.1) is 0 Å². The zero-order valence-corrected chi connectivity index (χ0v) is 35.9. The van der Waals surface area contributed by atoms with Gasteiger partial charge in [0.05, 0.1) is 5.76 Å². The Morgan fingerprint density at radius 1 is 0.557 bits per heavy atom. The lowest BCUT2D eigenvalue weighted by atomic mass is 9.74. The number of allylic oxidation sites excluding steroid dienone is 4. The molecule has 0 saturated carbocycles. The lowest BCUT2D eigenvalue weighted by Crippen LogP contribution is -2.18. The highest BCUT2D eigenvalue weighted by Gasteiger charge is 2.31.